The van der Waals surface area contributed by atoms with E-state index < -0.39 is 63.4 Å². The maximum atomic E-state index is 15.3. The Bertz CT molecular complexity index is 877. The molecule has 1 atom stereocenters. The molecule has 0 radical (unpaired) electrons. The van der Waals surface area contributed by atoms with Gasteiger partial charge in [-0.15, -0.1) is 0 Å². The number of aromatic nitrogens is 3. The van der Waals surface area contributed by atoms with Gasteiger partial charge in [-0.25, -0.2) is 26.9 Å². The van der Waals surface area contributed by atoms with Crippen molar-refractivity contribution in [2.45, 2.75) is 24.3 Å². The van der Waals surface area contributed by atoms with Gasteiger partial charge in [0.2, 0.25) is 9.84 Å². The Morgan fingerprint density at radius 2 is 2.00 bits per heavy atom. The number of nitrogens with zero attached hydrogens (tertiary/aromatic N) is 3. The van der Waals surface area contributed by atoms with E-state index in [4.69, 9.17) is 9.84 Å². The van der Waals surface area contributed by atoms with Crippen LogP contribution in [0.25, 0.3) is 0 Å². The zero-order valence-electron chi connectivity index (χ0n) is 14.1. The van der Waals surface area contributed by atoms with Gasteiger partial charge in [-0.1, -0.05) is 0 Å². The number of aliphatic hydroxyl groups excluding tert-OH is 1. The fraction of sp³-hybridized carbons (Fsp3) is 0.467. The van der Waals surface area contributed by atoms with Crippen LogP contribution in [0, 0.1) is 11.6 Å². The average molecular weight is 411 g/mol. The predicted octanol–water partition coefficient (Wildman–Crippen LogP) is 1.49. The number of ether oxygens (including phenoxy) is 1. The number of alkyl halides is 2. The summed E-state index contributed by atoms with van der Waals surface area (Å²) >= 11 is 0. The van der Waals surface area contributed by atoms with Gasteiger partial charge in [0, 0.05) is 18.2 Å². The summed E-state index contributed by atoms with van der Waals surface area (Å²) in [6, 6.07) is 1.75. The first-order valence-electron chi connectivity index (χ1n) is 7.74. The van der Waals surface area contributed by atoms with E-state index in [0.717, 1.165) is 17.3 Å². The Labute approximate surface area is 152 Å². The van der Waals surface area contributed by atoms with Gasteiger partial charge in [0.1, 0.15) is 24.3 Å². The lowest BCUT2D eigenvalue weighted by molar-refractivity contribution is -0.180. The molecular formula is C15H17F4N3O4S. The van der Waals surface area contributed by atoms with Gasteiger partial charge in [0.05, 0.1) is 18.9 Å². The molecule has 2 rings (SSSR count). The van der Waals surface area contributed by atoms with Crippen LogP contribution >= 0.6 is 0 Å². The van der Waals surface area contributed by atoms with Crippen LogP contribution in [-0.4, -0.2) is 52.5 Å². The van der Waals surface area contributed by atoms with Crippen molar-refractivity contribution in [3.63, 3.8) is 0 Å². The second kappa shape index (κ2) is 7.90. The molecule has 0 saturated carbocycles. The van der Waals surface area contributed by atoms with Crippen LogP contribution in [0.5, 0.6) is 0 Å². The molecule has 0 aliphatic rings. The summed E-state index contributed by atoms with van der Waals surface area (Å²) in [5, 5.41) is 7.83. The molecule has 7 nitrogen and oxygen atoms in total. The molecule has 0 aliphatic carbocycles. The van der Waals surface area contributed by atoms with E-state index in [9.17, 15) is 17.2 Å². The first-order valence-corrected chi connectivity index (χ1v) is 9.39. The highest BCUT2D eigenvalue weighted by Crippen LogP contribution is 2.47. The molecule has 0 fully saturated rings. The lowest BCUT2D eigenvalue weighted by atomic mass is 9.92. The minimum atomic E-state index is -5.30. The Kier molecular flexibility index (Phi) is 6.22. The third-order valence-electron chi connectivity index (χ3n) is 3.83. The molecule has 1 N–H and O–H groups in total. The van der Waals surface area contributed by atoms with Crippen molar-refractivity contribution in [1.29, 1.82) is 0 Å². The highest BCUT2D eigenvalue weighted by atomic mass is 32.2. The highest BCUT2D eigenvalue weighted by Gasteiger charge is 2.65. The first-order chi connectivity index (χ1) is 12.6. The minimum absolute atomic E-state index is 0.346. The van der Waals surface area contributed by atoms with Crippen molar-refractivity contribution < 1.29 is 35.8 Å². The molecular weight excluding hydrogens is 394 g/mol. The quantitative estimate of drug-likeness (QED) is 0.629. The fourth-order valence-electron chi connectivity index (χ4n) is 2.65. The van der Waals surface area contributed by atoms with Crippen LogP contribution in [0.4, 0.5) is 17.6 Å². The number of rotatable bonds is 9. The molecule has 0 amide bonds. The summed E-state index contributed by atoms with van der Waals surface area (Å²) in [4.78, 5) is 3.59. The van der Waals surface area contributed by atoms with Gasteiger partial charge in [-0.2, -0.15) is 13.9 Å². The second-order valence-electron chi connectivity index (χ2n) is 5.54. The molecule has 0 aliphatic heterocycles. The van der Waals surface area contributed by atoms with Crippen molar-refractivity contribution in [1.82, 2.24) is 14.8 Å². The van der Waals surface area contributed by atoms with Crippen LogP contribution in [0.3, 0.4) is 0 Å². The van der Waals surface area contributed by atoms with Crippen LogP contribution in [0.1, 0.15) is 12.5 Å². The maximum absolute atomic E-state index is 15.3. The molecule has 0 bridgehead atoms. The normalized spacial score (nSPS) is 14.9. The summed E-state index contributed by atoms with van der Waals surface area (Å²) in [6.07, 6.45) is 2.03. The van der Waals surface area contributed by atoms with Gasteiger partial charge >= 0.3 is 5.25 Å². The average Bonchev–Trinajstić information content (AvgIpc) is 3.07. The number of hydrogen-bond acceptors (Lipinski definition) is 6. The summed E-state index contributed by atoms with van der Waals surface area (Å²) < 4.78 is 88.8. The summed E-state index contributed by atoms with van der Waals surface area (Å²) in [6.45, 7) is -1.11. The fourth-order valence-corrected chi connectivity index (χ4v) is 3.88. The standard InChI is InChI=1S/C15H17F4N3O4S/c1-2-26-14(8-22-10-20-9-21-22,12-4-3-11(16)7-13(12)17)15(18,19)27(24,25)6-5-23/h3-4,7,9-10,23H,2,5-6,8H2,1H3. The minimum Gasteiger partial charge on any atom is -0.395 e. The molecule has 12 heteroatoms. The van der Waals surface area contributed by atoms with E-state index in [2.05, 4.69) is 10.1 Å². The smallest absolute Gasteiger partial charge is 0.379 e. The number of benzene rings is 1. The number of halogens is 4. The van der Waals surface area contributed by atoms with Crippen LogP contribution in [0.2, 0.25) is 0 Å². The Hall–Kier alpha value is -2.05. The molecule has 1 aromatic heterocycles. The SMILES string of the molecule is CCOC(Cn1cncn1)(c1ccc(F)cc1F)C(F)(F)S(=O)(=O)CCO. The zero-order valence-corrected chi connectivity index (χ0v) is 15.0. The summed E-state index contributed by atoms with van der Waals surface area (Å²) in [5.41, 5.74) is -3.95. The van der Waals surface area contributed by atoms with Gasteiger partial charge in [-0.3, -0.25) is 0 Å². The van der Waals surface area contributed by atoms with Crippen LogP contribution in [-0.2, 0) is 26.7 Å². The third kappa shape index (κ3) is 3.82. The van der Waals surface area contributed by atoms with Gasteiger partial charge in [0.15, 0.2) is 5.60 Å². The Morgan fingerprint density at radius 3 is 2.52 bits per heavy atom. The molecule has 0 spiro atoms. The molecule has 27 heavy (non-hydrogen) atoms. The van der Waals surface area contributed by atoms with E-state index in [-0.39, 0.29) is 0 Å². The molecule has 150 valence electrons. The van der Waals surface area contributed by atoms with Crippen LogP contribution in [0.15, 0.2) is 30.9 Å². The van der Waals surface area contributed by atoms with Crippen LogP contribution < -0.4 is 0 Å². The molecule has 1 heterocycles. The molecule has 0 saturated heterocycles. The van der Waals surface area contributed by atoms with Gasteiger partial charge in [-0.05, 0) is 19.1 Å². The summed E-state index contributed by atoms with van der Waals surface area (Å²) in [5.74, 6) is -3.74. The van der Waals surface area contributed by atoms with Gasteiger partial charge < -0.3 is 9.84 Å². The third-order valence-corrected chi connectivity index (χ3v) is 5.66. The van der Waals surface area contributed by atoms with E-state index in [0.29, 0.717) is 18.2 Å². The zero-order chi connectivity index (χ0) is 20.3. The van der Waals surface area contributed by atoms with Crippen molar-refractivity contribution in [3.05, 3.63) is 48.1 Å². The highest BCUT2D eigenvalue weighted by molar-refractivity contribution is 7.92. The van der Waals surface area contributed by atoms with E-state index in [1.165, 1.54) is 6.92 Å². The monoisotopic (exact) mass is 411 g/mol. The topological polar surface area (TPSA) is 94.3 Å². The largest absolute Gasteiger partial charge is 0.395 e. The van der Waals surface area contributed by atoms with E-state index in [1.807, 2.05) is 0 Å². The Morgan fingerprint density at radius 1 is 1.30 bits per heavy atom. The van der Waals surface area contributed by atoms with Crippen molar-refractivity contribution in [2.75, 3.05) is 19.0 Å². The van der Waals surface area contributed by atoms with Crippen molar-refractivity contribution in [3.8, 4) is 0 Å². The maximum Gasteiger partial charge on any atom is 0.379 e. The van der Waals surface area contributed by atoms with E-state index >= 15 is 8.78 Å². The lowest BCUT2D eigenvalue weighted by Crippen LogP contribution is -2.56. The Balaban J connectivity index is 2.79. The lowest BCUT2D eigenvalue weighted by Gasteiger charge is -2.39. The van der Waals surface area contributed by atoms with Crippen molar-refractivity contribution >= 4 is 9.84 Å². The molecule has 2 aromatic rings. The number of aliphatic hydroxyl groups is 1. The van der Waals surface area contributed by atoms with Crippen molar-refractivity contribution in [2.24, 2.45) is 0 Å². The van der Waals surface area contributed by atoms with Gasteiger partial charge in [0.25, 0.3) is 0 Å². The molecule has 1 unspecified atom stereocenters. The second-order valence-corrected chi connectivity index (χ2v) is 7.69. The predicted molar refractivity (Wildman–Crippen MR) is 85.5 cm³/mol. The number of hydrogen-bond donors (Lipinski definition) is 1. The summed E-state index contributed by atoms with van der Waals surface area (Å²) in [7, 11) is -5.30. The first kappa shape index (κ1) is 21.3. The van der Waals surface area contributed by atoms with E-state index in [1.54, 1.807) is 0 Å². The molecule has 1 aromatic carbocycles. The number of sulfone groups is 1.